The van der Waals surface area contributed by atoms with Gasteiger partial charge in [-0.15, -0.1) is 0 Å². The fourth-order valence-electron chi connectivity index (χ4n) is 1.24. The van der Waals surface area contributed by atoms with Crippen molar-refractivity contribution >= 4 is 15.9 Å². The molecular weight excluding hydrogens is 246 g/mol. The van der Waals surface area contributed by atoms with E-state index in [0.29, 0.717) is 13.2 Å². The summed E-state index contributed by atoms with van der Waals surface area (Å²) in [5.41, 5.74) is 6.58. The second-order valence-corrected chi connectivity index (χ2v) is 3.55. The van der Waals surface area contributed by atoms with Crippen LogP contribution in [-0.2, 0) is 6.54 Å². The van der Waals surface area contributed by atoms with E-state index in [-0.39, 0.29) is 0 Å². The maximum atomic E-state index is 5.64. The van der Waals surface area contributed by atoms with Crippen molar-refractivity contribution in [2.45, 2.75) is 13.5 Å². The Morgan fingerprint density at radius 1 is 1.43 bits per heavy atom. The molecule has 78 valence electrons. The number of halogens is 1. The van der Waals surface area contributed by atoms with Gasteiger partial charge >= 0.3 is 0 Å². The summed E-state index contributed by atoms with van der Waals surface area (Å²) in [7, 11) is 1.62. The van der Waals surface area contributed by atoms with Gasteiger partial charge in [-0.05, 0) is 19.1 Å². The molecule has 4 heteroatoms. The van der Waals surface area contributed by atoms with Crippen LogP contribution in [0.5, 0.6) is 11.5 Å². The second-order valence-electron chi connectivity index (χ2n) is 2.69. The minimum atomic E-state index is 0.424. The molecule has 3 nitrogen and oxygen atoms in total. The number of hydrogen-bond donors (Lipinski definition) is 1. The zero-order chi connectivity index (χ0) is 10.6. The Balaban J connectivity index is 3.21. The summed E-state index contributed by atoms with van der Waals surface area (Å²) in [6.07, 6.45) is 0. The van der Waals surface area contributed by atoms with E-state index in [1.54, 1.807) is 7.11 Å². The van der Waals surface area contributed by atoms with Crippen molar-refractivity contribution < 1.29 is 9.47 Å². The van der Waals surface area contributed by atoms with Gasteiger partial charge in [-0.2, -0.15) is 0 Å². The highest BCUT2D eigenvalue weighted by Gasteiger charge is 2.12. The van der Waals surface area contributed by atoms with Gasteiger partial charge < -0.3 is 15.2 Å². The maximum Gasteiger partial charge on any atom is 0.166 e. The summed E-state index contributed by atoms with van der Waals surface area (Å²) < 4.78 is 11.6. The Morgan fingerprint density at radius 3 is 2.64 bits per heavy atom. The first kappa shape index (κ1) is 11.3. The zero-order valence-corrected chi connectivity index (χ0v) is 9.93. The van der Waals surface area contributed by atoms with Gasteiger partial charge in [0.15, 0.2) is 11.5 Å². The molecule has 1 aromatic rings. The molecule has 0 saturated heterocycles. The highest BCUT2D eigenvalue weighted by Crippen LogP contribution is 2.35. The minimum absolute atomic E-state index is 0.424. The Kier molecular flexibility index (Phi) is 4.22. The van der Waals surface area contributed by atoms with Crippen LogP contribution in [0.3, 0.4) is 0 Å². The summed E-state index contributed by atoms with van der Waals surface area (Å²) >= 11 is 3.43. The van der Waals surface area contributed by atoms with Crippen LogP contribution in [0.1, 0.15) is 12.5 Å². The fraction of sp³-hybridized carbons (Fsp3) is 0.400. The van der Waals surface area contributed by atoms with Crippen molar-refractivity contribution in [3.8, 4) is 11.5 Å². The lowest BCUT2D eigenvalue weighted by molar-refractivity contribution is 0.307. The lowest BCUT2D eigenvalue weighted by atomic mass is 10.2. The summed E-state index contributed by atoms with van der Waals surface area (Å²) in [6, 6.07) is 3.76. The summed E-state index contributed by atoms with van der Waals surface area (Å²) in [4.78, 5) is 0. The van der Waals surface area contributed by atoms with Crippen molar-refractivity contribution in [3.63, 3.8) is 0 Å². The van der Waals surface area contributed by atoms with Gasteiger partial charge in [-0.3, -0.25) is 0 Å². The lowest BCUT2D eigenvalue weighted by Gasteiger charge is -2.14. The molecule has 1 aromatic carbocycles. The first-order valence-corrected chi connectivity index (χ1v) is 5.22. The standard InChI is InChI=1S/C10H14BrNO2/c1-3-14-10-7(6-12)8(11)4-5-9(10)13-2/h4-5H,3,6,12H2,1-2H3. The number of methoxy groups -OCH3 is 1. The average molecular weight is 260 g/mol. The monoisotopic (exact) mass is 259 g/mol. The normalized spacial score (nSPS) is 10.0. The average Bonchev–Trinajstić information content (AvgIpc) is 2.19. The van der Waals surface area contributed by atoms with E-state index >= 15 is 0 Å². The van der Waals surface area contributed by atoms with Crippen LogP contribution in [0.25, 0.3) is 0 Å². The molecule has 0 atom stereocenters. The molecule has 0 bridgehead atoms. The quantitative estimate of drug-likeness (QED) is 0.903. The molecular formula is C10H14BrNO2. The van der Waals surface area contributed by atoms with Gasteiger partial charge in [0, 0.05) is 16.6 Å². The first-order valence-electron chi connectivity index (χ1n) is 4.42. The molecule has 2 N–H and O–H groups in total. The van der Waals surface area contributed by atoms with Crippen LogP contribution < -0.4 is 15.2 Å². The van der Waals surface area contributed by atoms with Gasteiger partial charge in [0.2, 0.25) is 0 Å². The molecule has 0 aliphatic carbocycles. The van der Waals surface area contributed by atoms with Crippen molar-refractivity contribution in [1.29, 1.82) is 0 Å². The Labute approximate surface area is 92.3 Å². The van der Waals surface area contributed by atoms with E-state index in [4.69, 9.17) is 15.2 Å². The van der Waals surface area contributed by atoms with Crippen LogP contribution in [0, 0.1) is 0 Å². The van der Waals surface area contributed by atoms with Crippen molar-refractivity contribution in [2.75, 3.05) is 13.7 Å². The second kappa shape index (κ2) is 5.22. The molecule has 0 unspecified atom stereocenters. The topological polar surface area (TPSA) is 44.5 Å². The third-order valence-electron chi connectivity index (χ3n) is 1.88. The molecule has 0 aliphatic rings. The molecule has 0 aromatic heterocycles. The predicted octanol–water partition coefficient (Wildman–Crippen LogP) is 2.32. The zero-order valence-electron chi connectivity index (χ0n) is 8.34. The maximum absolute atomic E-state index is 5.64. The van der Waals surface area contributed by atoms with E-state index in [0.717, 1.165) is 21.5 Å². The fourth-order valence-corrected chi connectivity index (χ4v) is 1.71. The van der Waals surface area contributed by atoms with E-state index in [9.17, 15) is 0 Å². The number of rotatable bonds is 4. The largest absolute Gasteiger partial charge is 0.493 e. The molecule has 0 heterocycles. The molecule has 0 saturated carbocycles. The molecule has 0 spiro atoms. The van der Waals surface area contributed by atoms with Crippen LogP contribution in [0.15, 0.2) is 16.6 Å². The first-order chi connectivity index (χ1) is 6.74. The van der Waals surface area contributed by atoms with Crippen molar-refractivity contribution in [1.82, 2.24) is 0 Å². The highest BCUT2D eigenvalue weighted by molar-refractivity contribution is 9.10. The van der Waals surface area contributed by atoms with Crippen LogP contribution in [-0.4, -0.2) is 13.7 Å². The molecule has 0 amide bonds. The summed E-state index contributed by atoms with van der Waals surface area (Å²) in [6.45, 7) is 2.95. The molecule has 0 radical (unpaired) electrons. The number of ether oxygens (including phenoxy) is 2. The summed E-state index contributed by atoms with van der Waals surface area (Å²) in [5, 5.41) is 0. The predicted molar refractivity (Wildman–Crippen MR) is 59.8 cm³/mol. The van der Waals surface area contributed by atoms with E-state index in [1.165, 1.54) is 0 Å². The van der Waals surface area contributed by atoms with Crippen molar-refractivity contribution in [3.05, 3.63) is 22.2 Å². The Morgan fingerprint density at radius 2 is 2.14 bits per heavy atom. The van der Waals surface area contributed by atoms with Gasteiger partial charge in [0.05, 0.1) is 13.7 Å². The Bertz CT molecular complexity index is 315. The van der Waals surface area contributed by atoms with E-state index in [2.05, 4.69) is 15.9 Å². The Hall–Kier alpha value is -0.740. The number of nitrogens with two attached hydrogens (primary N) is 1. The molecule has 0 fully saturated rings. The smallest absolute Gasteiger partial charge is 0.166 e. The molecule has 1 rings (SSSR count). The summed E-state index contributed by atoms with van der Waals surface area (Å²) in [5.74, 6) is 1.45. The third kappa shape index (κ3) is 2.19. The van der Waals surface area contributed by atoms with E-state index in [1.807, 2.05) is 19.1 Å². The van der Waals surface area contributed by atoms with Gasteiger partial charge in [-0.1, -0.05) is 15.9 Å². The van der Waals surface area contributed by atoms with Crippen LogP contribution >= 0.6 is 15.9 Å². The van der Waals surface area contributed by atoms with Gasteiger partial charge in [-0.25, -0.2) is 0 Å². The SMILES string of the molecule is CCOc1c(OC)ccc(Br)c1CN. The molecule has 14 heavy (non-hydrogen) atoms. The van der Waals surface area contributed by atoms with Crippen LogP contribution in [0.2, 0.25) is 0 Å². The van der Waals surface area contributed by atoms with Crippen molar-refractivity contribution in [2.24, 2.45) is 5.73 Å². The van der Waals surface area contributed by atoms with E-state index < -0.39 is 0 Å². The minimum Gasteiger partial charge on any atom is -0.493 e. The molecule has 0 aliphatic heterocycles. The van der Waals surface area contributed by atoms with Crippen LogP contribution in [0.4, 0.5) is 0 Å². The number of hydrogen-bond acceptors (Lipinski definition) is 3. The highest BCUT2D eigenvalue weighted by atomic mass is 79.9. The van der Waals surface area contributed by atoms with Gasteiger partial charge in [0.1, 0.15) is 0 Å². The lowest BCUT2D eigenvalue weighted by Crippen LogP contribution is -2.04. The van der Waals surface area contributed by atoms with Gasteiger partial charge in [0.25, 0.3) is 0 Å². The third-order valence-corrected chi connectivity index (χ3v) is 2.62. The number of benzene rings is 1.